The third kappa shape index (κ3) is 3.00. The lowest BCUT2D eigenvalue weighted by molar-refractivity contribution is 0.189. The average molecular weight is 265 g/mol. The van der Waals surface area contributed by atoms with Crippen molar-refractivity contribution in [2.75, 3.05) is 7.11 Å². The van der Waals surface area contributed by atoms with E-state index < -0.39 is 6.10 Å². The molecule has 1 heterocycles. The number of nitrogens with zero attached hydrogens (tertiary/aromatic N) is 1. The summed E-state index contributed by atoms with van der Waals surface area (Å²) in [6.45, 7) is 2.09. The number of hydrogen-bond acceptors (Lipinski definition) is 5. The summed E-state index contributed by atoms with van der Waals surface area (Å²) in [5.41, 5.74) is 3.38. The lowest BCUT2D eigenvalue weighted by Crippen LogP contribution is -2.01. The monoisotopic (exact) mass is 265 g/mol. The van der Waals surface area contributed by atoms with Crippen LogP contribution in [0.3, 0.4) is 0 Å². The molecule has 1 atom stereocenters. The van der Waals surface area contributed by atoms with Gasteiger partial charge in [-0.3, -0.25) is 0 Å². The molecule has 18 heavy (non-hydrogen) atoms. The minimum Gasteiger partial charge on any atom is -0.497 e. The van der Waals surface area contributed by atoms with Crippen LogP contribution >= 0.6 is 11.3 Å². The summed E-state index contributed by atoms with van der Waals surface area (Å²) < 4.78 is 10.8. The van der Waals surface area contributed by atoms with E-state index in [1.165, 1.54) is 11.3 Å². The molecule has 1 aromatic heterocycles. The molecule has 0 amide bonds. The Morgan fingerprint density at radius 1 is 1.44 bits per heavy atom. The van der Waals surface area contributed by atoms with Crippen LogP contribution in [0, 0.1) is 0 Å². The Hall–Kier alpha value is -1.59. The first-order chi connectivity index (χ1) is 8.70. The minimum atomic E-state index is -0.582. The Balaban J connectivity index is 2.18. The molecule has 0 fully saturated rings. The Morgan fingerprint density at radius 3 is 2.89 bits per heavy atom. The smallest absolute Gasteiger partial charge is 0.131 e. The predicted octanol–water partition coefficient (Wildman–Crippen LogP) is 2.78. The van der Waals surface area contributed by atoms with Gasteiger partial charge in [-0.2, -0.15) is 0 Å². The highest BCUT2D eigenvalue weighted by atomic mass is 32.1. The van der Waals surface area contributed by atoms with Gasteiger partial charge in [-0.1, -0.05) is 0 Å². The summed E-state index contributed by atoms with van der Waals surface area (Å²) in [5, 5.41) is 11.6. The minimum absolute atomic E-state index is 0.385. The van der Waals surface area contributed by atoms with E-state index in [0.29, 0.717) is 18.1 Å². The lowest BCUT2D eigenvalue weighted by Gasteiger charge is -2.14. The molecule has 1 N–H and O–H groups in total. The van der Waals surface area contributed by atoms with Gasteiger partial charge in [0.05, 0.1) is 24.4 Å². The van der Waals surface area contributed by atoms with Crippen molar-refractivity contribution >= 4 is 11.3 Å². The maximum atomic E-state index is 9.69. The summed E-state index contributed by atoms with van der Waals surface area (Å²) in [6, 6.07) is 5.38. The Kier molecular flexibility index (Phi) is 4.17. The fraction of sp³-hybridized carbons (Fsp3) is 0.308. The van der Waals surface area contributed by atoms with Crippen molar-refractivity contribution in [3.05, 3.63) is 40.3 Å². The molecule has 5 heteroatoms. The van der Waals surface area contributed by atoms with Gasteiger partial charge < -0.3 is 14.6 Å². The van der Waals surface area contributed by atoms with E-state index in [9.17, 15) is 5.11 Å². The molecule has 96 valence electrons. The Bertz CT molecular complexity index is 497. The molecule has 2 rings (SSSR count). The highest BCUT2D eigenvalue weighted by Crippen LogP contribution is 2.30. The summed E-state index contributed by atoms with van der Waals surface area (Å²) in [7, 11) is 1.60. The number of rotatable bonds is 5. The zero-order chi connectivity index (χ0) is 13.0. The number of aliphatic hydroxyl groups excluding tert-OH is 1. The van der Waals surface area contributed by atoms with E-state index in [-0.39, 0.29) is 0 Å². The van der Waals surface area contributed by atoms with Crippen LogP contribution in [0.1, 0.15) is 24.3 Å². The largest absolute Gasteiger partial charge is 0.497 e. The van der Waals surface area contributed by atoms with E-state index in [0.717, 1.165) is 11.3 Å². The van der Waals surface area contributed by atoms with Crippen LogP contribution in [0.4, 0.5) is 0 Å². The van der Waals surface area contributed by atoms with Gasteiger partial charge >= 0.3 is 0 Å². The topological polar surface area (TPSA) is 51.6 Å². The van der Waals surface area contributed by atoms with E-state index in [1.54, 1.807) is 37.7 Å². The SMILES string of the molecule is COc1ccc([C@H](C)O)c(OCc2cscn2)c1. The van der Waals surface area contributed by atoms with Gasteiger partial charge in [-0.25, -0.2) is 4.98 Å². The molecule has 0 aliphatic heterocycles. The number of benzene rings is 1. The van der Waals surface area contributed by atoms with Gasteiger partial charge in [0.15, 0.2) is 0 Å². The molecule has 0 saturated carbocycles. The van der Waals surface area contributed by atoms with Crippen LogP contribution in [0.2, 0.25) is 0 Å². The van der Waals surface area contributed by atoms with Crippen LogP contribution in [0.25, 0.3) is 0 Å². The Labute approximate surface area is 110 Å². The summed E-state index contributed by atoms with van der Waals surface area (Å²) in [5.74, 6) is 1.32. The van der Waals surface area contributed by atoms with Gasteiger partial charge in [-0.15, -0.1) is 11.3 Å². The second kappa shape index (κ2) is 5.84. The van der Waals surface area contributed by atoms with Crippen LogP contribution in [0.5, 0.6) is 11.5 Å². The van der Waals surface area contributed by atoms with Crippen molar-refractivity contribution in [3.8, 4) is 11.5 Å². The van der Waals surface area contributed by atoms with Crippen molar-refractivity contribution in [1.29, 1.82) is 0 Å². The molecule has 1 aromatic carbocycles. The number of methoxy groups -OCH3 is 1. The maximum Gasteiger partial charge on any atom is 0.131 e. The predicted molar refractivity (Wildman–Crippen MR) is 70.1 cm³/mol. The summed E-state index contributed by atoms with van der Waals surface area (Å²) >= 11 is 1.53. The first-order valence-corrected chi connectivity index (χ1v) is 6.51. The number of aromatic nitrogens is 1. The molecule has 0 bridgehead atoms. The number of ether oxygens (including phenoxy) is 2. The molecular formula is C13H15NO3S. The number of aliphatic hydroxyl groups is 1. The Morgan fingerprint density at radius 2 is 2.28 bits per heavy atom. The van der Waals surface area contributed by atoms with E-state index >= 15 is 0 Å². The summed E-state index contributed by atoms with van der Waals surface area (Å²) in [6.07, 6.45) is -0.582. The lowest BCUT2D eigenvalue weighted by atomic mass is 10.1. The highest BCUT2D eigenvalue weighted by molar-refractivity contribution is 7.07. The normalized spacial score (nSPS) is 12.2. The zero-order valence-corrected chi connectivity index (χ0v) is 11.1. The second-order valence-corrected chi connectivity index (χ2v) is 4.57. The number of thiazole rings is 1. The van der Waals surface area contributed by atoms with Crippen molar-refractivity contribution in [1.82, 2.24) is 4.98 Å². The van der Waals surface area contributed by atoms with Crippen LogP contribution in [-0.4, -0.2) is 17.2 Å². The van der Waals surface area contributed by atoms with Crippen LogP contribution < -0.4 is 9.47 Å². The molecule has 0 spiro atoms. The van der Waals surface area contributed by atoms with Gasteiger partial charge in [0.1, 0.15) is 18.1 Å². The van der Waals surface area contributed by atoms with Gasteiger partial charge in [0, 0.05) is 17.0 Å². The highest BCUT2D eigenvalue weighted by Gasteiger charge is 2.11. The number of hydrogen-bond donors (Lipinski definition) is 1. The fourth-order valence-electron chi connectivity index (χ4n) is 1.57. The zero-order valence-electron chi connectivity index (χ0n) is 10.3. The van der Waals surface area contributed by atoms with Gasteiger partial charge in [0.25, 0.3) is 0 Å². The fourth-order valence-corrected chi connectivity index (χ4v) is 2.12. The molecule has 0 aliphatic carbocycles. The molecule has 0 saturated heterocycles. The third-order valence-corrected chi connectivity index (χ3v) is 3.17. The quantitative estimate of drug-likeness (QED) is 0.903. The first kappa shape index (κ1) is 12.9. The maximum absolute atomic E-state index is 9.69. The molecule has 2 aromatic rings. The molecule has 0 radical (unpaired) electrons. The molecule has 4 nitrogen and oxygen atoms in total. The van der Waals surface area contributed by atoms with Crippen LogP contribution in [0.15, 0.2) is 29.1 Å². The molecule has 0 unspecified atom stereocenters. The van der Waals surface area contributed by atoms with E-state index in [4.69, 9.17) is 9.47 Å². The first-order valence-electron chi connectivity index (χ1n) is 5.56. The second-order valence-electron chi connectivity index (χ2n) is 3.85. The van der Waals surface area contributed by atoms with Crippen molar-refractivity contribution < 1.29 is 14.6 Å². The summed E-state index contributed by atoms with van der Waals surface area (Å²) in [4.78, 5) is 4.15. The van der Waals surface area contributed by atoms with Gasteiger partial charge in [-0.05, 0) is 19.1 Å². The standard InChI is InChI=1S/C13H15NO3S/c1-9(15)12-4-3-11(16-2)5-13(12)17-6-10-7-18-8-14-10/h3-5,7-9,15H,6H2,1-2H3/t9-/m0/s1. The van der Waals surface area contributed by atoms with Crippen LogP contribution in [-0.2, 0) is 6.61 Å². The average Bonchev–Trinajstić information content (AvgIpc) is 2.88. The third-order valence-electron chi connectivity index (χ3n) is 2.53. The van der Waals surface area contributed by atoms with Crippen molar-refractivity contribution in [2.45, 2.75) is 19.6 Å². The molecule has 0 aliphatic rings. The van der Waals surface area contributed by atoms with Gasteiger partial charge in [0.2, 0.25) is 0 Å². The van der Waals surface area contributed by atoms with E-state index in [2.05, 4.69) is 4.98 Å². The molecular weight excluding hydrogens is 250 g/mol. The van der Waals surface area contributed by atoms with Crippen molar-refractivity contribution in [2.24, 2.45) is 0 Å². The van der Waals surface area contributed by atoms with E-state index in [1.807, 2.05) is 5.38 Å². The van der Waals surface area contributed by atoms with Crippen molar-refractivity contribution in [3.63, 3.8) is 0 Å².